The van der Waals surface area contributed by atoms with Crippen LogP contribution in [-0.2, 0) is 9.59 Å². The van der Waals surface area contributed by atoms with Crippen molar-refractivity contribution in [1.82, 2.24) is 9.80 Å². The molecule has 4 nitrogen and oxygen atoms in total. The number of rotatable bonds is 2. The van der Waals surface area contributed by atoms with Crippen LogP contribution < -0.4 is 0 Å². The van der Waals surface area contributed by atoms with Gasteiger partial charge in [0.2, 0.25) is 11.1 Å². The highest BCUT2D eigenvalue weighted by molar-refractivity contribution is 6.65. The third kappa shape index (κ3) is 2.69. The van der Waals surface area contributed by atoms with Crippen molar-refractivity contribution in [3.8, 4) is 0 Å². The van der Waals surface area contributed by atoms with E-state index < -0.39 is 5.54 Å². The second kappa shape index (κ2) is 4.49. The SMILES string of the molecule is CC(=O)N1CCN(C(C)(C)C(=O)Cl)CC1. The Morgan fingerprint density at radius 3 is 1.93 bits per heavy atom. The topological polar surface area (TPSA) is 40.6 Å². The van der Waals surface area contributed by atoms with Crippen LogP contribution in [0.1, 0.15) is 20.8 Å². The molecule has 0 aromatic heterocycles. The summed E-state index contributed by atoms with van der Waals surface area (Å²) in [4.78, 5) is 26.1. The molecule has 0 unspecified atom stereocenters. The van der Waals surface area contributed by atoms with Gasteiger partial charge < -0.3 is 4.90 Å². The molecule has 1 aliphatic rings. The fourth-order valence-electron chi connectivity index (χ4n) is 1.70. The van der Waals surface area contributed by atoms with Crippen molar-refractivity contribution in [2.45, 2.75) is 26.3 Å². The second-order valence-electron chi connectivity index (χ2n) is 4.33. The molecular formula is C10H17ClN2O2. The lowest BCUT2D eigenvalue weighted by atomic mass is 10.0. The van der Waals surface area contributed by atoms with Crippen LogP contribution in [0.5, 0.6) is 0 Å². The van der Waals surface area contributed by atoms with Gasteiger partial charge in [0, 0.05) is 33.1 Å². The molecule has 1 aliphatic heterocycles. The predicted octanol–water partition coefficient (Wildman–Crippen LogP) is 0.694. The maximum absolute atomic E-state index is 11.2. The van der Waals surface area contributed by atoms with E-state index in [0.29, 0.717) is 26.2 Å². The fourth-order valence-corrected chi connectivity index (χ4v) is 1.82. The molecule has 15 heavy (non-hydrogen) atoms. The number of nitrogens with zero attached hydrogens (tertiary/aromatic N) is 2. The molecule has 0 N–H and O–H groups in total. The van der Waals surface area contributed by atoms with E-state index in [-0.39, 0.29) is 11.1 Å². The summed E-state index contributed by atoms with van der Waals surface area (Å²) in [7, 11) is 0. The van der Waals surface area contributed by atoms with Crippen LogP contribution in [0.3, 0.4) is 0 Å². The molecule has 1 saturated heterocycles. The average Bonchev–Trinajstić information content (AvgIpc) is 2.17. The average molecular weight is 233 g/mol. The summed E-state index contributed by atoms with van der Waals surface area (Å²) in [5.41, 5.74) is -0.634. The predicted molar refractivity (Wildman–Crippen MR) is 58.8 cm³/mol. The van der Waals surface area contributed by atoms with E-state index in [0.717, 1.165) is 0 Å². The molecule has 1 heterocycles. The summed E-state index contributed by atoms with van der Waals surface area (Å²) in [6, 6.07) is 0. The van der Waals surface area contributed by atoms with Gasteiger partial charge in [0.1, 0.15) is 0 Å². The first-order valence-corrected chi connectivity index (χ1v) is 5.44. The molecule has 0 radical (unpaired) electrons. The number of amides is 1. The zero-order valence-electron chi connectivity index (χ0n) is 9.42. The van der Waals surface area contributed by atoms with Crippen molar-refractivity contribution >= 4 is 22.8 Å². The molecule has 0 aromatic rings. The Bertz CT molecular complexity index is 271. The quantitative estimate of drug-likeness (QED) is 0.658. The Morgan fingerprint density at radius 2 is 1.60 bits per heavy atom. The fraction of sp³-hybridized carbons (Fsp3) is 0.800. The molecule has 0 bridgehead atoms. The van der Waals surface area contributed by atoms with Gasteiger partial charge in [-0.3, -0.25) is 14.5 Å². The van der Waals surface area contributed by atoms with Crippen LogP contribution in [-0.4, -0.2) is 52.7 Å². The maximum atomic E-state index is 11.2. The molecule has 86 valence electrons. The first kappa shape index (κ1) is 12.5. The van der Waals surface area contributed by atoms with E-state index in [1.807, 2.05) is 18.7 Å². The lowest BCUT2D eigenvalue weighted by Gasteiger charge is -2.41. The van der Waals surface area contributed by atoms with E-state index in [2.05, 4.69) is 0 Å². The van der Waals surface area contributed by atoms with Crippen molar-refractivity contribution in [1.29, 1.82) is 0 Å². The van der Waals surface area contributed by atoms with Gasteiger partial charge in [-0.05, 0) is 25.4 Å². The van der Waals surface area contributed by atoms with Crippen LogP contribution in [0.2, 0.25) is 0 Å². The van der Waals surface area contributed by atoms with Crippen molar-refractivity contribution in [3.05, 3.63) is 0 Å². The molecule has 1 rings (SSSR count). The molecule has 1 fully saturated rings. The second-order valence-corrected chi connectivity index (χ2v) is 4.67. The number of piperazine rings is 1. The van der Waals surface area contributed by atoms with E-state index >= 15 is 0 Å². The number of halogens is 1. The summed E-state index contributed by atoms with van der Waals surface area (Å²) >= 11 is 5.54. The molecule has 0 aliphatic carbocycles. The lowest BCUT2D eigenvalue weighted by Crippen LogP contribution is -2.57. The Labute approximate surface area is 95.2 Å². The Hall–Kier alpha value is -0.610. The number of carbonyl (C=O) groups is 2. The lowest BCUT2D eigenvalue weighted by molar-refractivity contribution is -0.132. The summed E-state index contributed by atoms with van der Waals surface area (Å²) in [6.07, 6.45) is 0. The smallest absolute Gasteiger partial charge is 0.241 e. The van der Waals surface area contributed by atoms with E-state index in [4.69, 9.17) is 11.6 Å². The monoisotopic (exact) mass is 232 g/mol. The van der Waals surface area contributed by atoms with Crippen LogP contribution in [0.25, 0.3) is 0 Å². The molecule has 1 amide bonds. The highest BCUT2D eigenvalue weighted by Gasteiger charge is 2.35. The highest BCUT2D eigenvalue weighted by Crippen LogP contribution is 2.19. The zero-order valence-corrected chi connectivity index (χ0v) is 10.2. The summed E-state index contributed by atoms with van der Waals surface area (Å²) in [5.74, 6) is 0.0876. The minimum atomic E-state index is -0.634. The molecule has 5 heteroatoms. The van der Waals surface area contributed by atoms with Gasteiger partial charge in [0.15, 0.2) is 0 Å². The number of carbonyl (C=O) groups excluding carboxylic acids is 2. The molecule has 0 spiro atoms. The van der Waals surface area contributed by atoms with Gasteiger partial charge >= 0.3 is 0 Å². The summed E-state index contributed by atoms with van der Waals surface area (Å²) in [6.45, 7) is 7.92. The zero-order chi connectivity index (χ0) is 11.6. The van der Waals surface area contributed by atoms with Gasteiger partial charge in [0.05, 0.1) is 5.54 Å². The normalized spacial score (nSPS) is 19.1. The largest absolute Gasteiger partial charge is 0.340 e. The third-order valence-electron chi connectivity index (χ3n) is 3.00. The Balaban J connectivity index is 2.57. The van der Waals surface area contributed by atoms with Gasteiger partial charge in [-0.25, -0.2) is 0 Å². The van der Waals surface area contributed by atoms with Crippen LogP contribution in [0.15, 0.2) is 0 Å². The van der Waals surface area contributed by atoms with Gasteiger partial charge in [-0.2, -0.15) is 0 Å². The minimum absolute atomic E-state index is 0.0876. The standard InChI is InChI=1S/C10H17ClN2O2/c1-8(14)12-4-6-13(7-5-12)10(2,3)9(11)15/h4-7H2,1-3H3. The van der Waals surface area contributed by atoms with Crippen molar-refractivity contribution < 1.29 is 9.59 Å². The summed E-state index contributed by atoms with van der Waals surface area (Å²) in [5, 5.41) is -0.348. The molecule has 0 saturated carbocycles. The first-order chi connectivity index (χ1) is 6.85. The molecule has 0 aromatic carbocycles. The van der Waals surface area contributed by atoms with Crippen LogP contribution in [0.4, 0.5) is 0 Å². The van der Waals surface area contributed by atoms with Gasteiger partial charge in [-0.1, -0.05) is 0 Å². The van der Waals surface area contributed by atoms with Gasteiger partial charge in [-0.15, -0.1) is 0 Å². The van der Waals surface area contributed by atoms with E-state index in [1.54, 1.807) is 11.8 Å². The van der Waals surface area contributed by atoms with E-state index in [9.17, 15) is 9.59 Å². The van der Waals surface area contributed by atoms with E-state index in [1.165, 1.54) is 0 Å². The van der Waals surface area contributed by atoms with Crippen molar-refractivity contribution in [2.24, 2.45) is 0 Å². The summed E-state index contributed by atoms with van der Waals surface area (Å²) < 4.78 is 0. The first-order valence-electron chi connectivity index (χ1n) is 5.06. The minimum Gasteiger partial charge on any atom is -0.340 e. The number of hydrogen-bond donors (Lipinski definition) is 0. The Kier molecular flexibility index (Phi) is 3.73. The number of hydrogen-bond acceptors (Lipinski definition) is 3. The molecular weight excluding hydrogens is 216 g/mol. The van der Waals surface area contributed by atoms with Crippen LogP contribution >= 0.6 is 11.6 Å². The maximum Gasteiger partial charge on any atom is 0.241 e. The Morgan fingerprint density at radius 1 is 1.13 bits per heavy atom. The third-order valence-corrected chi connectivity index (χ3v) is 3.46. The van der Waals surface area contributed by atoms with Crippen LogP contribution in [0, 0.1) is 0 Å². The molecule has 0 atom stereocenters. The highest BCUT2D eigenvalue weighted by atomic mass is 35.5. The van der Waals surface area contributed by atoms with Crippen molar-refractivity contribution in [3.63, 3.8) is 0 Å². The van der Waals surface area contributed by atoms with Crippen molar-refractivity contribution in [2.75, 3.05) is 26.2 Å². The van der Waals surface area contributed by atoms with Gasteiger partial charge in [0.25, 0.3) is 0 Å².